The van der Waals surface area contributed by atoms with Gasteiger partial charge in [-0.25, -0.2) is 4.79 Å². The van der Waals surface area contributed by atoms with E-state index < -0.39 is 11.4 Å². The van der Waals surface area contributed by atoms with Crippen LogP contribution in [0.5, 0.6) is 11.5 Å². The van der Waals surface area contributed by atoms with E-state index in [1.54, 1.807) is 12.1 Å². The molecule has 1 N–H and O–H groups in total. The molecule has 0 saturated heterocycles. The summed E-state index contributed by atoms with van der Waals surface area (Å²) in [6.07, 6.45) is 1.59. The van der Waals surface area contributed by atoms with Crippen LogP contribution in [0.1, 0.15) is 10.5 Å². The molecule has 0 bridgehead atoms. The molecule has 1 aliphatic heterocycles. The van der Waals surface area contributed by atoms with Crippen LogP contribution in [0.4, 0.5) is 0 Å². The highest BCUT2D eigenvalue weighted by atomic mass is 16.7. The summed E-state index contributed by atoms with van der Waals surface area (Å²) in [7, 11) is 0. The molecule has 0 unspecified atom stereocenters. The second-order valence-corrected chi connectivity index (χ2v) is 4.73. The summed E-state index contributed by atoms with van der Waals surface area (Å²) in [6, 6.07) is 3.16. The van der Waals surface area contributed by atoms with E-state index in [4.69, 9.17) is 19.3 Å². The van der Waals surface area contributed by atoms with Gasteiger partial charge in [0.05, 0.1) is 24.1 Å². The predicted molar refractivity (Wildman–Crippen MR) is 79.7 cm³/mol. The monoisotopic (exact) mass is 318 g/mol. The van der Waals surface area contributed by atoms with Gasteiger partial charge in [0.15, 0.2) is 11.5 Å². The van der Waals surface area contributed by atoms with Crippen molar-refractivity contribution in [1.82, 2.24) is 9.78 Å². The lowest BCUT2D eigenvalue weighted by atomic mass is 10.1. The second kappa shape index (κ2) is 6.09. The van der Waals surface area contributed by atoms with Crippen molar-refractivity contribution >= 4 is 16.9 Å². The maximum atomic E-state index is 12.5. The molecule has 8 heteroatoms. The molecule has 0 saturated carbocycles. The molecule has 1 aromatic carbocycles. The molecule has 2 heterocycles. The number of ether oxygens (including phenoxy) is 3. The van der Waals surface area contributed by atoms with Crippen LogP contribution in [0.3, 0.4) is 0 Å². The van der Waals surface area contributed by atoms with E-state index in [1.165, 1.54) is 10.7 Å². The van der Waals surface area contributed by atoms with Crippen molar-refractivity contribution in [3.63, 3.8) is 0 Å². The fourth-order valence-corrected chi connectivity index (χ4v) is 2.28. The molecule has 0 amide bonds. The fourth-order valence-electron chi connectivity index (χ4n) is 2.28. The number of benzene rings is 1. The summed E-state index contributed by atoms with van der Waals surface area (Å²) in [5.74, 6) is 0.0502. The lowest BCUT2D eigenvalue weighted by Crippen LogP contribution is -2.25. The number of fused-ring (bicyclic) bond motifs is 2. The topological polar surface area (TPSA) is 99.9 Å². The molecule has 1 aliphatic rings. The van der Waals surface area contributed by atoms with Crippen molar-refractivity contribution in [1.29, 1.82) is 0 Å². The van der Waals surface area contributed by atoms with E-state index in [-0.39, 0.29) is 37.6 Å². The molecule has 0 atom stereocenters. The molecular formula is C15H14N2O6. The lowest BCUT2D eigenvalue weighted by Gasteiger charge is -2.11. The van der Waals surface area contributed by atoms with Crippen LogP contribution in [0.25, 0.3) is 10.9 Å². The van der Waals surface area contributed by atoms with E-state index in [0.29, 0.717) is 17.0 Å². The summed E-state index contributed by atoms with van der Waals surface area (Å²) in [5, 5.41) is 13.0. The minimum atomic E-state index is -0.888. The lowest BCUT2D eigenvalue weighted by molar-refractivity contribution is 0.0423. The zero-order chi connectivity index (χ0) is 16.4. The quantitative estimate of drug-likeness (QED) is 0.631. The largest absolute Gasteiger partial charge is 0.458 e. The molecule has 0 radical (unpaired) electrons. The number of nitrogens with zero attached hydrogens (tertiary/aromatic N) is 2. The Bertz CT molecular complexity index is 842. The van der Waals surface area contributed by atoms with E-state index in [0.717, 1.165) is 0 Å². The summed E-state index contributed by atoms with van der Waals surface area (Å²) in [4.78, 5) is 24.5. The standard InChI is InChI=1S/C15H14N2O6/c1-2-3-17-10-7-12-11(22-8-23-12)6-9(10)14(19)13(16-17)15(20)21-5-4-18/h2,6-7,18H,1,3-5,8H2. The third-order valence-electron chi connectivity index (χ3n) is 3.27. The Hall–Kier alpha value is -2.87. The van der Waals surface area contributed by atoms with Crippen molar-refractivity contribution in [2.45, 2.75) is 6.54 Å². The van der Waals surface area contributed by atoms with Gasteiger partial charge in [-0.15, -0.1) is 6.58 Å². The molecule has 8 nitrogen and oxygen atoms in total. The molecule has 0 aliphatic carbocycles. The van der Waals surface area contributed by atoms with Crippen molar-refractivity contribution in [2.75, 3.05) is 20.0 Å². The number of hydrogen-bond donors (Lipinski definition) is 1. The normalized spacial score (nSPS) is 12.4. The van der Waals surface area contributed by atoms with Crippen LogP contribution in [0, 0.1) is 0 Å². The van der Waals surface area contributed by atoms with Gasteiger partial charge in [0.25, 0.3) is 0 Å². The zero-order valence-electron chi connectivity index (χ0n) is 12.2. The number of aromatic nitrogens is 2. The molecule has 0 fully saturated rings. The Morgan fingerprint density at radius 2 is 2.17 bits per heavy atom. The second-order valence-electron chi connectivity index (χ2n) is 4.73. The first-order valence-corrected chi connectivity index (χ1v) is 6.89. The Balaban J connectivity index is 2.21. The van der Waals surface area contributed by atoms with E-state index in [1.807, 2.05) is 0 Å². The van der Waals surface area contributed by atoms with Gasteiger partial charge in [0.1, 0.15) is 6.61 Å². The van der Waals surface area contributed by atoms with Crippen LogP contribution in [0.15, 0.2) is 29.6 Å². The van der Waals surface area contributed by atoms with E-state index >= 15 is 0 Å². The smallest absolute Gasteiger partial charge is 0.363 e. The van der Waals surface area contributed by atoms with Crippen LogP contribution in [-0.2, 0) is 11.3 Å². The van der Waals surface area contributed by atoms with Crippen LogP contribution < -0.4 is 14.9 Å². The summed E-state index contributed by atoms with van der Waals surface area (Å²) in [5.41, 5.74) is -0.425. The maximum Gasteiger partial charge on any atom is 0.363 e. The van der Waals surface area contributed by atoms with Crippen molar-refractivity contribution in [3.8, 4) is 11.5 Å². The van der Waals surface area contributed by atoms with E-state index in [2.05, 4.69) is 11.7 Å². The van der Waals surface area contributed by atoms with Gasteiger partial charge in [-0.05, 0) is 6.07 Å². The predicted octanol–water partition coefficient (Wildman–Crippen LogP) is 0.460. The van der Waals surface area contributed by atoms with Crippen molar-refractivity contribution in [3.05, 3.63) is 40.7 Å². The minimum Gasteiger partial charge on any atom is -0.458 e. The average molecular weight is 318 g/mol. The molecule has 2 aromatic rings. The number of hydrogen-bond acceptors (Lipinski definition) is 7. The van der Waals surface area contributed by atoms with Gasteiger partial charge >= 0.3 is 5.97 Å². The van der Waals surface area contributed by atoms with Gasteiger partial charge in [0, 0.05) is 6.07 Å². The van der Waals surface area contributed by atoms with Crippen LogP contribution in [0.2, 0.25) is 0 Å². The number of aliphatic hydroxyl groups excluding tert-OH is 1. The first-order valence-electron chi connectivity index (χ1n) is 6.89. The van der Waals surface area contributed by atoms with Gasteiger partial charge < -0.3 is 19.3 Å². The molecule has 1 aromatic heterocycles. The fraction of sp³-hybridized carbons (Fsp3) is 0.267. The highest BCUT2D eigenvalue weighted by Crippen LogP contribution is 2.34. The third-order valence-corrected chi connectivity index (χ3v) is 3.27. The Morgan fingerprint density at radius 1 is 1.43 bits per heavy atom. The number of carbonyl (C=O) groups is 1. The average Bonchev–Trinajstić information content (AvgIpc) is 3.01. The first kappa shape index (κ1) is 15.0. The summed E-state index contributed by atoms with van der Waals surface area (Å²) >= 11 is 0. The van der Waals surface area contributed by atoms with E-state index in [9.17, 15) is 9.59 Å². The van der Waals surface area contributed by atoms with Crippen molar-refractivity contribution < 1.29 is 24.1 Å². The highest BCUT2D eigenvalue weighted by molar-refractivity contribution is 5.92. The van der Waals surface area contributed by atoms with Gasteiger partial charge in [-0.1, -0.05) is 6.08 Å². The van der Waals surface area contributed by atoms with Gasteiger partial charge in [0.2, 0.25) is 17.9 Å². The Morgan fingerprint density at radius 3 is 2.87 bits per heavy atom. The van der Waals surface area contributed by atoms with Gasteiger partial charge in [-0.3, -0.25) is 9.48 Å². The molecular weight excluding hydrogens is 304 g/mol. The first-order chi connectivity index (χ1) is 11.2. The highest BCUT2D eigenvalue weighted by Gasteiger charge is 2.22. The third kappa shape index (κ3) is 2.64. The maximum absolute atomic E-state index is 12.5. The Labute approximate surface area is 130 Å². The number of esters is 1. The van der Waals surface area contributed by atoms with Crippen molar-refractivity contribution in [2.24, 2.45) is 0 Å². The molecule has 0 spiro atoms. The van der Waals surface area contributed by atoms with Gasteiger partial charge in [-0.2, -0.15) is 5.10 Å². The minimum absolute atomic E-state index is 0.0696. The Kier molecular flexibility index (Phi) is 3.98. The number of rotatable bonds is 5. The molecule has 120 valence electrons. The van der Waals surface area contributed by atoms with Crippen LogP contribution in [-0.4, -0.2) is 40.9 Å². The molecule has 3 rings (SSSR count). The number of carbonyl (C=O) groups excluding carboxylic acids is 1. The SMILES string of the molecule is C=CCn1nc(C(=O)OCCO)c(=O)c2cc3c(cc21)OCO3. The zero-order valence-corrected chi connectivity index (χ0v) is 12.2. The molecule has 23 heavy (non-hydrogen) atoms. The number of aliphatic hydroxyl groups is 1. The van der Waals surface area contributed by atoms with Crippen LogP contribution >= 0.6 is 0 Å². The summed E-state index contributed by atoms with van der Waals surface area (Å²) in [6.45, 7) is 3.45. The summed E-state index contributed by atoms with van der Waals surface area (Å²) < 4.78 is 16.8. The number of allylic oxidation sites excluding steroid dienone is 1.